The van der Waals surface area contributed by atoms with E-state index in [1.54, 1.807) is 6.07 Å². The van der Waals surface area contributed by atoms with E-state index in [9.17, 15) is 8.42 Å². The van der Waals surface area contributed by atoms with Crippen molar-refractivity contribution in [3.8, 4) is 0 Å². The summed E-state index contributed by atoms with van der Waals surface area (Å²) >= 11 is 0. The van der Waals surface area contributed by atoms with E-state index < -0.39 is 9.84 Å². The van der Waals surface area contributed by atoms with Gasteiger partial charge in [-0.15, -0.1) is 0 Å². The number of hydrogen-bond acceptors (Lipinski definition) is 3. The third-order valence-electron chi connectivity index (χ3n) is 3.36. The highest BCUT2D eigenvalue weighted by atomic mass is 32.2. The molecule has 1 aliphatic heterocycles. The van der Waals surface area contributed by atoms with Crippen LogP contribution in [0.25, 0.3) is 0 Å². The Bertz CT molecular complexity index is 520. The number of nitrogens with two attached hydrogens (primary N) is 1. The van der Waals surface area contributed by atoms with Crippen molar-refractivity contribution in [3.05, 3.63) is 29.3 Å². The highest BCUT2D eigenvalue weighted by Gasteiger charge is 2.26. The molecule has 1 unspecified atom stereocenters. The van der Waals surface area contributed by atoms with Crippen molar-refractivity contribution in [2.45, 2.75) is 43.5 Å². The van der Waals surface area contributed by atoms with Crippen LogP contribution in [0.1, 0.15) is 49.8 Å². The Balaban J connectivity index is 2.61. The fourth-order valence-electron chi connectivity index (χ4n) is 2.26. The molecule has 0 aromatic heterocycles. The van der Waals surface area contributed by atoms with Gasteiger partial charge in [0.1, 0.15) is 0 Å². The molecule has 17 heavy (non-hydrogen) atoms. The van der Waals surface area contributed by atoms with Gasteiger partial charge >= 0.3 is 0 Å². The average molecular weight is 253 g/mol. The van der Waals surface area contributed by atoms with Crippen molar-refractivity contribution in [2.75, 3.05) is 5.75 Å². The van der Waals surface area contributed by atoms with Crippen LogP contribution in [0.3, 0.4) is 0 Å². The molecular weight excluding hydrogens is 234 g/mol. The topological polar surface area (TPSA) is 60.2 Å². The monoisotopic (exact) mass is 253 g/mol. The molecule has 0 fully saturated rings. The molecule has 0 saturated heterocycles. The molecule has 1 aliphatic rings. The normalized spacial score (nSPS) is 23.2. The molecule has 3 nitrogen and oxygen atoms in total. The molecule has 94 valence electrons. The summed E-state index contributed by atoms with van der Waals surface area (Å²) in [5, 5.41) is 0. The summed E-state index contributed by atoms with van der Waals surface area (Å²) in [4.78, 5) is 0.437. The van der Waals surface area contributed by atoms with Gasteiger partial charge in [-0.1, -0.05) is 26.0 Å². The highest BCUT2D eigenvalue weighted by Crippen LogP contribution is 2.31. The third-order valence-corrected chi connectivity index (χ3v) is 5.23. The zero-order valence-corrected chi connectivity index (χ0v) is 11.1. The minimum Gasteiger partial charge on any atom is -0.324 e. The molecule has 1 heterocycles. The molecular formula is C13H19NO2S. The van der Waals surface area contributed by atoms with E-state index in [0.717, 1.165) is 17.5 Å². The molecule has 0 amide bonds. The minimum atomic E-state index is -3.13. The van der Waals surface area contributed by atoms with Gasteiger partial charge in [-0.3, -0.25) is 0 Å². The maximum atomic E-state index is 12.1. The molecule has 2 N–H and O–H groups in total. The number of rotatable bonds is 1. The van der Waals surface area contributed by atoms with Gasteiger partial charge in [-0.05, 0) is 36.0 Å². The Morgan fingerprint density at radius 3 is 2.71 bits per heavy atom. The maximum absolute atomic E-state index is 12.1. The second-order valence-corrected chi connectivity index (χ2v) is 7.10. The minimum absolute atomic E-state index is 0.152. The summed E-state index contributed by atoms with van der Waals surface area (Å²) in [6.45, 7) is 4.19. The molecule has 4 heteroatoms. The first-order valence-corrected chi connectivity index (χ1v) is 7.69. The Kier molecular flexibility index (Phi) is 3.27. The Labute approximate surface area is 103 Å². The zero-order valence-electron chi connectivity index (χ0n) is 10.3. The SMILES string of the molecule is CC(C)c1ccc2c(c1)C(N)CCCS2(=O)=O. The number of fused-ring (bicyclic) bond motifs is 1. The fraction of sp³-hybridized carbons (Fsp3) is 0.538. The van der Waals surface area contributed by atoms with Crippen LogP contribution in [0.5, 0.6) is 0 Å². The molecule has 2 rings (SSSR count). The lowest BCUT2D eigenvalue weighted by Gasteiger charge is -2.15. The van der Waals surface area contributed by atoms with Crippen LogP contribution >= 0.6 is 0 Å². The van der Waals surface area contributed by atoms with Gasteiger partial charge in [0, 0.05) is 6.04 Å². The lowest BCUT2D eigenvalue weighted by molar-refractivity contribution is 0.594. The van der Waals surface area contributed by atoms with E-state index in [0.29, 0.717) is 17.2 Å². The van der Waals surface area contributed by atoms with Gasteiger partial charge in [0.15, 0.2) is 9.84 Å². The highest BCUT2D eigenvalue weighted by molar-refractivity contribution is 7.91. The predicted molar refractivity (Wildman–Crippen MR) is 68.7 cm³/mol. The summed E-state index contributed by atoms with van der Waals surface area (Å²) in [5.74, 6) is 0.604. The third kappa shape index (κ3) is 2.38. The second kappa shape index (κ2) is 4.42. The summed E-state index contributed by atoms with van der Waals surface area (Å²) in [6.07, 6.45) is 1.39. The van der Waals surface area contributed by atoms with Crippen molar-refractivity contribution in [3.63, 3.8) is 0 Å². The molecule has 0 aliphatic carbocycles. The van der Waals surface area contributed by atoms with Crippen LogP contribution in [-0.4, -0.2) is 14.2 Å². The standard InChI is InChI=1S/C13H19NO2S/c1-9(2)10-5-6-13-11(8-10)12(14)4-3-7-17(13,15)16/h5-6,8-9,12H,3-4,7,14H2,1-2H3. The second-order valence-electron chi connectivity index (χ2n) is 5.02. The van der Waals surface area contributed by atoms with Gasteiger partial charge < -0.3 is 5.73 Å². The van der Waals surface area contributed by atoms with E-state index >= 15 is 0 Å². The van der Waals surface area contributed by atoms with Gasteiger partial charge in [0.05, 0.1) is 10.6 Å². The summed E-state index contributed by atoms with van der Waals surface area (Å²) in [6, 6.07) is 5.44. The van der Waals surface area contributed by atoms with Gasteiger partial charge in [-0.2, -0.15) is 0 Å². The molecule has 0 saturated carbocycles. The van der Waals surface area contributed by atoms with Crippen LogP contribution in [0.2, 0.25) is 0 Å². The van der Waals surface area contributed by atoms with E-state index in [1.807, 2.05) is 12.1 Å². The maximum Gasteiger partial charge on any atom is 0.178 e. The number of sulfone groups is 1. The summed E-state index contributed by atoms with van der Waals surface area (Å²) < 4.78 is 24.1. The van der Waals surface area contributed by atoms with Crippen molar-refractivity contribution >= 4 is 9.84 Å². The predicted octanol–water partition coefficient (Wildman–Crippen LogP) is 2.38. The fourth-order valence-corrected chi connectivity index (χ4v) is 3.87. The van der Waals surface area contributed by atoms with Crippen LogP contribution in [-0.2, 0) is 9.84 Å². The van der Waals surface area contributed by atoms with Crippen molar-refractivity contribution in [1.29, 1.82) is 0 Å². The molecule has 0 radical (unpaired) electrons. The van der Waals surface area contributed by atoms with Crippen LogP contribution in [0, 0.1) is 0 Å². The van der Waals surface area contributed by atoms with Crippen LogP contribution < -0.4 is 5.73 Å². The number of hydrogen-bond donors (Lipinski definition) is 1. The van der Waals surface area contributed by atoms with Gasteiger partial charge in [-0.25, -0.2) is 8.42 Å². The largest absolute Gasteiger partial charge is 0.324 e. The van der Waals surface area contributed by atoms with E-state index in [-0.39, 0.29) is 11.8 Å². The molecule has 1 aromatic rings. The van der Waals surface area contributed by atoms with Crippen LogP contribution in [0.15, 0.2) is 23.1 Å². The smallest absolute Gasteiger partial charge is 0.178 e. The Morgan fingerprint density at radius 2 is 2.06 bits per heavy atom. The average Bonchev–Trinajstić information content (AvgIpc) is 2.37. The van der Waals surface area contributed by atoms with E-state index in [1.165, 1.54) is 0 Å². The Morgan fingerprint density at radius 1 is 1.35 bits per heavy atom. The zero-order chi connectivity index (χ0) is 12.6. The van der Waals surface area contributed by atoms with Crippen molar-refractivity contribution in [2.24, 2.45) is 5.73 Å². The summed E-state index contributed by atoms with van der Waals surface area (Å²) in [5.41, 5.74) is 8.02. The first-order valence-electron chi connectivity index (χ1n) is 6.04. The first kappa shape index (κ1) is 12.6. The van der Waals surface area contributed by atoms with Crippen LogP contribution in [0.4, 0.5) is 0 Å². The van der Waals surface area contributed by atoms with Crippen molar-refractivity contribution < 1.29 is 8.42 Å². The lowest BCUT2D eigenvalue weighted by Crippen LogP contribution is -2.12. The molecule has 1 atom stereocenters. The lowest BCUT2D eigenvalue weighted by atomic mass is 9.96. The Hall–Kier alpha value is -0.870. The molecule has 0 spiro atoms. The van der Waals surface area contributed by atoms with E-state index in [4.69, 9.17) is 5.73 Å². The quantitative estimate of drug-likeness (QED) is 0.836. The van der Waals surface area contributed by atoms with E-state index in [2.05, 4.69) is 13.8 Å². The molecule has 1 aromatic carbocycles. The van der Waals surface area contributed by atoms with Gasteiger partial charge in [0.25, 0.3) is 0 Å². The first-order chi connectivity index (χ1) is 7.92. The number of benzene rings is 1. The summed E-state index contributed by atoms with van der Waals surface area (Å²) in [7, 11) is -3.13. The molecule has 0 bridgehead atoms. The van der Waals surface area contributed by atoms with Crippen molar-refractivity contribution in [1.82, 2.24) is 0 Å². The van der Waals surface area contributed by atoms with Gasteiger partial charge in [0.2, 0.25) is 0 Å².